The van der Waals surface area contributed by atoms with Gasteiger partial charge in [0, 0.05) is 44.6 Å². The van der Waals surface area contributed by atoms with Crippen LogP contribution in [0.2, 0.25) is 0 Å². The summed E-state index contributed by atoms with van der Waals surface area (Å²) in [5.74, 6) is 0. The molecule has 12 rings (SSSR count). The van der Waals surface area contributed by atoms with E-state index in [-0.39, 0.29) is 5.41 Å². The van der Waals surface area contributed by atoms with Crippen molar-refractivity contribution in [1.82, 2.24) is 4.57 Å². The van der Waals surface area contributed by atoms with Gasteiger partial charge < -0.3 is 14.4 Å². The summed E-state index contributed by atoms with van der Waals surface area (Å²) in [7, 11) is 0. The molecule has 62 heavy (non-hydrogen) atoms. The fraction of sp³-hybridized carbons (Fsp3) is 0.0508. The van der Waals surface area contributed by atoms with Crippen molar-refractivity contribution in [2.24, 2.45) is 0 Å². The number of rotatable bonds is 7. The minimum Gasteiger partial charge on any atom is -0.310 e. The quantitative estimate of drug-likeness (QED) is 0.159. The van der Waals surface area contributed by atoms with Crippen LogP contribution in [-0.2, 0) is 5.41 Å². The van der Waals surface area contributed by atoms with Crippen LogP contribution in [-0.4, -0.2) is 4.57 Å². The summed E-state index contributed by atoms with van der Waals surface area (Å²) in [6.07, 6.45) is 0. The van der Waals surface area contributed by atoms with Gasteiger partial charge >= 0.3 is 0 Å². The zero-order chi connectivity index (χ0) is 41.4. The molecule has 3 heteroatoms. The van der Waals surface area contributed by atoms with Crippen LogP contribution in [0.4, 0.5) is 34.1 Å². The van der Waals surface area contributed by atoms with Crippen LogP contribution in [0.3, 0.4) is 0 Å². The second-order valence-electron chi connectivity index (χ2n) is 17.0. The SMILES string of the molecule is CC1(C)c2cc(N(c3ccccc3)c3cc(N(c4ccccc4)c4ccccc4)c4c5ccccc5n(-c5ccc6ccccc6c5)c4c3)ccc2-c2cc3ccccc3cc21. The Labute approximate surface area is 362 Å². The van der Waals surface area contributed by atoms with Crippen LogP contribution in [0, 0.1) is 0 Å². The van der Waals surface area contributed by atoms with Gasteiger partial charge in [0.2, 0.25) is 0 Å². The largest absolute Gasteiger partial charge is 0.310 e. The maximum atomic E-state index is 2.47. The lowest BCUT2D eigenvalue weighted by Gasteiger charge is -2.31. The van der Waals surface area contributed by atoms with Crippen molar-refractivity contribution in [2.45, 2.75) is 19.3 Å². The maximum Gasteiger partial charge on any atom is 0.0583 e. The monoisotopic (exact) mass is 793 g/mol. The van der Waals surface area contributed by atoms with E-state index in [2.05, 4.69) is 253 Å². The third-order valence-electron chi connectivity index (χ3n) is 13.1. The second-order valence-corrected chi connectivity index (χ2v) is 17.0. The number of hydrogen-bond donors (Lipinski definition) is 0. The van der Waals surface area contributed by atoms with E-state index in [0.717, 1.165) is 50.8 Å². The van der Waals surface area contributed by atoms with E-state index >= 15 is 0 Å². The first-order chi connectivity index (χ1) is 30.5. The Morgan fingerprint density at radius 3 is 1.58 bits per heavy atom. The third-order valence-corrected chi connectivity index (χ3v) is 13.1. The van der Waals surface area contributed by atoms with E-state index in [0.29, 0.717) is 0 Å². The Morgan fingerprint density at radius 1 is 0.355 bits per heavy atom. The lowest BCUT2D eigenvalue weighted by atomic mass is 9.81. The molecule has 10 aromatic carbocycles. The number of fused-ring (bicyclic) bond motifs is 8. The first-order valence-electron chi connectivity index (χ1n) is 21.5. The number of nitrogens with zero attached hydrogens (tertiary/aromatic N) is 3. The molecular formula is C59H43N3. The highest BCUT2D eigenvalue weighted by Crippen LogP contribution is 2.53. The highest BCUT2D eigenvalue weighted by atomic mass is 15.2. The van der Waals surface area contributed by atoms with Gasteiger partial charge in [-0.25, -0.2) is 0 Å². The molecule has 0 amide bonds. The summed E-state index contributed by atoms with van der Waals surface area (Å²) >= 11 is 0. The van der Waals surface area contributed by atoms with Crippen LogP contribution < -0.4 is 9.80 Å². The van der Waals surface area contributed by atoms with E-state index in [1.807, 2.05) is 0 Å². The Bertz CT molecular complexity index is 3450. The van der Waals surface area contributed by atoms with E-state index < -0.39 is 0 Å². The molecule has 294 valence electrons. The number of benzene rings is 10. The number of anilines is 6. The molecule has 1 heterocycles. The van der Waals surface area contributed by atoms with Gasteiger partial charge in [-0.15, -0.1) is 0 Å². The molecule has 1 aliphatic carbocycles. The first kappa shape index (κ1) is 36.0. The zero-order valence-electron chi connectivity index (χ0n) is 34.7. The van der Waals surface area contributed by atoms with E-state index in [4.69, 9.17) is 0 Å². The van der Waals surface area contributed by atoms with E-state index in [1.165, 1.54) is 54.6 Å². The first-order valence-corrected chi connectivity index (χ1v) is 21.5. The molecule has 0 N–H and O–H groups in total. The molecule has 0 atom stereocenters. The minimum absolute atomic E-state index is 0.192. The molecule has 0 unspecified atom stereocenters. The minimum atomic E-state index is -0.192. The van der Waals surface area contributed by atoms with Crippen LogP contribution in [0.15, 0.2) is 224 Å². The molecule has 1 aliphatic rings. The van der Waals surface area contributed by atoms with Crippen molar-refractivity contribution >= 4 is 77.5 Å². The van der Waals surface area contributed by atoms with Crippen molar-refractivity contribution in [1.29, 1.82) is 0 Å². The van der Waals surface area contributed by atoms with Crippen molar-refractivity contribution in [2.75, 3.05) is 9.80 Å². The highest BCUT2D eigenvalue weighted by molar-refractivity contribution is 6.18. The summed E-state index contributed by atoms with van der Waals surface area (Å²) < 4.78 is 2.47. The predicted octanol–water partition coefficient (Wildman–Crippen LogP) is 16.3. The van der Waals surface area contributed by atoms with Crippen LogP contribution in [0.5, 0.6) is 0 Å². The van der Waals surface area contributed by atoms with Gasteiger partial charge in [-0.2, -0.15) is 0 Å². The molecule has 3 nitrogen and oxygen atoms in total. The Balaban J connectivity index is 1.17. The predicted molar refractivity (Wildman–Crippen MR) is 263 cm³/mol. The molecule has 0 radical (unpaired) electrons. The Kier molecular flexibility index (Phi) is 8.20. The fourth-order valence-electron chi connectivity index (χ4n) is 10.1. The average molecular weight is 794 g/mol. The molecular weight excluding hydrogens is 751 g/mol. The van der Waals surface area contributed by atoms with E-state index in [9.17, 15) is 0 Å². The third kappa shape index (κ3) is 5.66. The summed E-state index contributed by atoms with van der Waals surface area (Å²) in [5.41, 5.74) is 15.1. The lowest BCUT2D eigenvalue weighted by Crippen LogP contribution is -2.17. The van der Waals surface area contributed by atoms with Crippen molar-refractivity contribution < 1.29 is 0 Å². The van der Waals surface area contributed by atoms with Gasteiger partial charge in [0.1, 0.15) is 0 Å². The topological polar surface area (TPSA) is 11.4 Å². The van der Waals surface area contributed by atoms with Crippen molar-refractivity contribution in [3.8, 4) is 16.8 Å². The molecule has 0 spiro atoms. The standard InChI is InChI=1S/C59H43N3/c1-59(2)53-36-43-21-15-14-20-42(43)35-52(53)50-33-32-48(37-54(50)59)60(44-22-6-3-7-23-44)49-38-56(61(45-24-8-4-9-25-45)46-26-10-5-11-27-46)58-51-28-16-17-29-55(51)62(57(58)39-49)47-31-30-40-18-12-13-19-41(40)34-47/h3-39H,1-2H3. The number of aromatic nitrogens is 1. The molecule has 0 saturated heterocycles. The zero-order valence-corrected chi connectivity index (χ0v) is 34.7. The number of para-hydroxylation sites is 4. The van der Waals surface area contributed by atoms with Crippen LogP contribution in [0.1, 0.15) is 25.0 Å². The molecule has 0 aliphatic heterocycles. The highest BCUT2D eigenvalue weighted by Gasteiger charge is 2.36. The fourth-order valence-corrected chi connectivity index (χ4v) is 10.1. The molecule has 0 saturated carbocycles. The van der Waals surface area contributed by atoms with Crippen LogP contribution >= 0.6 is 0 Å². The van der Waals surface area contributed by atoms with Crippen LogP contribution in [0.25, 0.3) is 60.2 Å². The summed E-state index contributed by atoms with van der Waals surface area (Å²) in [6, 6.07) is 82.3. The summed E-state index contributed by atoms with van der Waals surface area (Å²) in [4.78, 5) is 4.88. The molecule has 0 fully saturated rings. The molecule has 1 aromatic heterocycles. The van der Waals surface area contributed by atoms with Gasteiger partial charge in [0.15, 0.2) is 0 Å². The average Bonchev–Trinajstić information content (AvgIpc) is 3.77. The molecule has 11 aromatic rings. The smallest absolute Gasteiger partial charge is 0.0583 e. The second kappa shape index (κ2) is 14.1. The van der Waals surface area contributed by atoms with Gasteiger partial charge in [0.05, 0.1) is 22.4 Å². The normalized spacial score (nSPS) is 12.8. The summed E-state index contributed by atoms with van der Waals surface area (Å²) in [6.45, 7) is 4.76. The van der Waals surface area contributed by atoms with Gasteiger partial charge in [-0.1, -0.05) is 147 Å². The molecule has 0 bridgehead atoms. The Hall–Kier alpha value is -7.88. The van der Waals surface area contributed by atoms with Gasteiger partial charge in [0.25, 0.3) is 0 Å². The number of hydrogen-bond acceptors (Lipinski definition) is 2. The Morgan fingerprint density at radius 2 is 0.903 bits per heavy atom. The van der Waals surface area contributed by atoms with Crippen molar-refractivity contribution in [3.05, 3.63) is 236 Å². The van der Waals surface area contributed by atoms with Gasteiger partial charge in [-0.05, 0) is 135 Å². The van der Waals surface area contributed by atoms with E-state index in [1.54, 1.807) is 0 Å². The van der Waals surface area contributed by atoms with Crippen molar-refractivity contribution in [3.63, 3.8) is 0 Å². The maximum absolute atomic E-state index is 2.47. The van der Waals surface area contributed by atoms with Gasteiger partial charge in [-0.3, -0.25) is 0 Å². The summed E-state index contributed by atoms with van der Waals surface area (Å²) in [5, 5.41) is 7.38. The lowest BCUT2D eigenvalue weighted by molar-refractivity contribution is 0.661.